The van der Waals surface area contributed by atoms with Crippen LogP contribution in [-0.4, -0.2) is 42.6 Å². The summed E-state index contributed by atoms with van der Waals surface area (Å²) < 4.78 is 22.5. The molecule has 0 unspecified atom stereocenters. The number of carbonyl (C=O) groups excluding carboxylic acids is 1. The Labute approximate surface area is 117 Å². The van der Waals surface area contributed by atoms with Gasteiger partial charge in [-0.05, 0) is 25.0 Å². The molecule has 5 nitrogen and oxygen atoms in total. The maximum absolute atomic E-state index is 11.7. The van der Waals surface area contributed by atoms with Crippen molar-refractivity contribution in [3.05, 3.63) is 23.9 Å². The molecule has 1 aliphatic rings. The molecule has 1 atom stereocenters. The highest BCUT2D eigenvalue weighted by atomic mass is 32.2. The highest BCUT2D eigenvalue weighted by molar-refractivity contribution is 7.99. The zero-order valence-corrected chi connectivity index (χ0v) is 12.3. The zero-order valence-electron chi connectivity index (χ0n) is 10.6. The van der Waals surface area contributed by atoms with E-state index < -0.39 is 9.84 Å². The molecule has 2 rings (SSSR count). The van der Waals surface area contributed by atoms with Crippen LogP contribution in [0.5, 0.6) is 0 Å². The van der Waals surface area contributed by atoms with Gasteiger partial charge in [-0.1, -0.05) is 17.8 Å². The van der Waals surface area contributed by atoms with Gasteiger partial charge < -0.3 is 5.32 Å². The number of nitrogens with one attached hydrogen (secondary N) is 1. The average Bonchev–Trinajstić information content (AvgIpc) is 2.68. The van der Waals surface area contributed by atoms with Gasteiger partial charge in [-0.3, -0.25) is 4.79 Å². The van der Waals surface area contributed by atoms with Gasteiger partial charge in [-0.25, -0.2) is 13.4 Å². The van der Waals surface area contributed by atoms with Crippen LogP contribution in [0.4, 0.5) is 0 Å². The normalized spacial score (nSPS) is 21.2. The van der Waals surface area contributed by atoms with Crippen molar-refractivity contribution in [2.45, 2.75) is 24.4 Å². The molecule has 1 aromatic rings. The molecule has 1 saturated heterocycles. The van der Waals surface area contributed by atoms with Gasteiger partial charge >= 0.3 is 0 Å². The second kappa shape index (κ2) is 5.92. The van der Waals surface area contributed by atoms with Crippen molar-refractivity contribution >= 4 is 27.5 Å². The molecule has 0 radical (unpaired) electrons. The van der Waals surface area contributed by atoms with Gasteiger partial charge in [0.2, 0.25) is 5.91 Å². The fourth-order valence-electron chi connectivity index (χ4n) is 1.86. The largest absolute Gasteiger partial charge is 0.352 e. The van der Waals surface area contributed by atoms with Crippen molar-refractivity contribution < 1.29 is 13.2 Å². The molecule has 1 amide bonds. The van der Waals surface area contributed by atoms with Crippen molar-refractivity contribution in [1.29, 1.82) is 0 Å². The van der Waals surface area contributed by atoms with Crippen LogP contribution in [0.1, 0.15) is 12.0 Å². The summed E-state index contributed by atoms with van der Waals surface area (Å²) in [6.07, 6.45) is 2.27. The summed E-state index contributed by atoms with van der Waals surface area (Å²) in [5, 5.41) is 3.54. The third-order valence-electron chi connectivity index (χ3n) is 2.83. The van der Waals surface area contributed by atoms with Gasteiger partial charge in [0, 0.05) is 12.2 Å². The van der Waals surface area contributed by atoms with Crippen LogP contribution < -0.4 is 5.32 Å². The SMILES string of the molecule is Cc1ccc(SCC(=O)N[C@H]2CCS(=O)(=O)C2)nc1. The molecule has 1 fully saturated rings. The Balaban J connectivity index is 1.77. The number of pyridine rings is 1. The first kappa shape index (κ1) is 14.3. The first-order chi connectivity index (χ1) is 8.94. The fourth-order valence-corrected chi connectivity index (χ4v) is 4.18. The van der Waals surface area contributed by atoms with E-state index in [1.807, 2.05) is 19.1 Å². The van der Waals surface area contributed by atoms with E-state index in [4.69, 9.17) is 0 Å². The Morgan fingerprint density at radius 2 is 2.32 bits per heavy atom. The van der Waals surface area contributed by atoms with E-state index in [-0.39, 0.29) is 29.2 Å². The molecule has 0 aromatic carbocycles. The molecule has 0 bridgehead atoms. The van der Waals surface area contributed by atoms with Crippen LogP contribution in [0, 0.1) is 6.92 Å². The Hall–Kier alpha value is -1.08. The van der Waals surface area contributed by atoms with Gasteiger partial charge in [0.25, 0.3) is 0 Å². The number of amides is 1. The molecule has 19 heavy (non-hydrogen) atoms. The first-order valence-corrected chi connectivity index (χ1v) is 8.80. The van der Waals surface area contributed by atoms with Crippen molar-refractivity contribution in [3.63, 3.8) is 0 Å². The monoisotopic (exact) mass is 300 g/mol. The van der Waals surface area contributed by atoms with Crippen molar-refractivity contribution in [3.8, 4) is 0 Å². The van der Waals surface area contributed by atoms with E-state index in [1.54, 1.807) is 6.20 Å². The predicted octanol–water partition coefficient (Wildman–Crippen LogP) is 0.785. The van der Waals surface area contributed by atoms with Crippen LogP contribution in [0.15, 0.2) is 23.4 Å². The molecular weight excluding hydrogens is 284 g/mol. The van der Waals surface area contributed by atoms with Gasteiger partial charge in [-0.2, -0.15) is 0 Å². The number of carbonyl (C=O) groups is 1. The third-order valence-corrected chi connectivity index (χ3v) is 5.54. The highest BCUT2D eigenvalue weighted by Gasteiger charge is 2.28. The van der Waals surface area contributed by atoms with E-state index in [2.05, 4.69) is 10.3 Å². The van der Waals surface area contributed by atoms with Gasteiger partial charge in [0.05, 0.1) is 22.3 Å². The lowest BCUT2D eigenvalue weighted by Crippen LogP contribution is -2.36. The minimum Gasteiger partial charge on any atom is -0.352 e. The molecule has 1 aromatic heterocycles. The maximum atomic E-state index is 11.7. The van der Waals surface area contributed by atoms with Crippen molar-refractivity contribution in [2.75, 3.05) is 17.3 Å². The van der Waals surface area contributed by atoms with E-state index in [0.717, 1.165) is 10.6 Å². The number of aryl methyl sites for hydroxylation is 1. The standard InChI is InChI=1S/C12H16N2O3S2/c1-9-2-3-12(13-6-9)18-7-11(15)14-10-4-5-19(16,17)8-10/h2-3,6,10H,4-5,7-8H2,1H3,(H,14,15)/t10-/m0/s1. The minimum atomic E-state index is -2.95. The number of hydrogen-bond acceptors (Lipinski definition) is 5. The molecule has 1 N–H and O–H groups in total. The number of rotatable bonds is 4. The Morgan fingerprint density at radius 3 is 2.89 bits per heavy atom. The summed E-state index contributed by atoms with van der Waals surface area (Å²) in [6, 6.07) is 3.58. The molecule has 104 valence electrons. The average molecular weight is 300 g/mol. The Morgan fingerprint density at radius 1 is 1.53 bits per heavy atom. The van der Waals surface area contributed by atoms with Crippen molar-refractivity contribution in [1.82, 2.24) is 10.3 Å². The maximum Gasteiger partial charge on any atom is 0.230 e. The molecular formula is C12H16N2O3S2. The van der Waals surface area contributed by atoms with Crippen molar-refractivity contribution in [2.24, 2.45) is 0 Å². The highest BCUT2D eigenvalue weighted by Crippen LogP contribution is 2.16. The summed E-state index contributed by atoms with van der Waals surface area (Å²) in [7, 11) is -2.95. The summed E-state index contributed by atoms with van der Waals surface area (Å²) >= 11 is 1.35. The fraction of sp³-hybridized carbons (Fsp3) is 0.500. The van der Waals surface area contributed by atoms with Crippen LogP contribution in [0.25, 0.3) is 0 Å². The lowest BCUT2D eigenvalue weighted by Gasteiger charge is -2.10. The second-order valence-electron chi connectivity index (χ2n) is 4.63. The van der Waals surface area contributed by atoms with Gasteiger partial charge in [0.1, 0.15) is 0 Å². The summed E-state index contributed by atoms with van der Waals surface area (Å²) in [6.45, 7) is 1.95. The Bertz CT molecular complexity index is 555. The molecule has 1 aliphatic heterocycles. The van der Waals surface area contributed by atoms with Gasteiger partial charge in [0.15, 0.2) is 9.84 Å². The molecule has 7 heteroatoms. The molecule has 2 heterocycles. The predicted molar refractivity (Wildman–Crippen MR) is 74.9 cm³/mol. The number of sulfone groups is 1. The van der Waals surface area contributed by atoms with E-state index in [0.29, 0.717) is 6.42 Å². The van der Waals surface area contributed by atoms with Crippen LogP contribution >= 0.6 is 11.8 Å². The lowest BCUT2D eigenvalue weighted by molar-refractivity contribution is -0.119. The smallest absolute Gasteiger partial charge is 0.230 e. The third kappa shape index (κ3) is 4.50. The second-order valence-corrected chi connectivity index (χ2v) is 7.85. The molecule has 0 aliphatic carbocycles. The summed E-state index contributed by atoms with van der Waals surface area (Å²) in [5.74, 6) is 0.345. The summed E-state index contributed by atoms with van der Waals surface area (Å²) in [5.41, 5.74) is 1.07. The van der Waals surface area contributed by atoms with Crippen LogP contribution in [0.2, 0.25) is 0 Å². The number of nitrogens with zero attached hydrogens (tertiary/aromatic N) is 1. The summed E-state index contributed by atoms with van der Waals surface area (Å²) in [4.78, 5) is 15.9. The number of aromatic nitrogens is 1. The quantitative estimate of drug-likeness (QED) is 0.832. The topological polar surface area (TPSA) is 76.1 Å². The van der Waals surface area contributed by atoms with Crippen LogP contribution in [0.3, 0.4) is 0 Å². The molecule has 0 spiro atoms. The zero-order chi connectivity index (χ0) is 13.9. The Kier molecular flexibility index (Phi) is 4.46. The van der Waals surface area contributed by atoms with Crippen LogP contribution in [-0.2, 0) is 14.6 Å². The molecule has 0 saturated carbocycles. The van der Waals surface area contributed by atoms with E-state index in [1.165, 1.54) is 11.8 Å². The lowest BCUT2D eigenvalue weighted by atomic mass is 10.3. The minimum absolute atomic E-state index is 0.0617. The van der Waals surface area contributed by atoms with Gasteiger partial charge in [-0.15, -0.1) is 0 Å². The van der Waals surface area contributed by atoms with E-state index in [9.17, 15) is 13.2 Å². The number of thioether (sulfide) groups is 1. The first-order valence-electron chi connectivity index (χ1n) is 6.00. The number of hydrogen-bond donors (Lipinski definition) is 1. The van der Waals surface area contributed by atoms with E-state index >= 15 is 0 Å².